The van der Waals surface area contributed by atoms with Gasteiger partial charge in [-0.1, -0.05) is 62.4 Å². The normalized spacial score (nSPS) is 12.5. The van der Waals surface area contributed by atoms with Gasteiger partial charge in [-0.2, -0.15) is 18.6 Å². The lowest BCUT2D eigenvalue weighted by molar-refractivity contribution is -0.136. The molecule has 23 heteroatoms. The maximum absolute atomic E-state index is 13.7. The van der Waals surface area contributed by atoms with Crippen molar-refractivity contribution in [1.29, 1.82) is 0 Å². The summed E-state index contributed by atoms with van der Waals surface area (Å²) in [5.74, 6) is -17.3. The van der Waals surface area contributed by atoms with Crippen LogP contribution in [0.4, 0.5) is 37.2 Å². The van der Waals surface area contributed by atoms with Gasteiger partial charge in [-0.15, -0.1) is 0 Å². The van der Waals surface area contributed by atoms with Crippen LogP contribution in [0.5, 0.6) is 5.75 Å². The number of hydrogen-bond acceptors (Lipinski definition) is 13. The van der Waals surface area contributed by atoms with Crippen LogP contribution in [0, 0.1) is 40.9 Å². The minimum Gasteiger partial charge on any atom is -0.443 e. The standard InChI is InChI=1S/C50H51F5N6O12/c1-27(2)44(59-36(63)16-19-69-21-23-71-24-22-70-20-17-37(64)73-47-42(54)40(52)39(51)41(53)43(47)55)35(62)25-29(7-6-18-57-49(56)67)48(66)58-30-14-12-28(13-15-30)26-72-50(68)61-34-11-5-10-33-38(34)45(60-61)31-8-3-4-9-32(31)46(33)65/h3-5,8-15,27,29,44H,6-7,16-26H2,1-2H3,(H,58,66)(H,59,63)(H3,56,57,67)/t29-,44+/m1/s1. The number of ketones is 2. The van der Waals surface area contributed by atoms with Crippen molar-refractivity contribution in [2.45, 2.75) is 58.6 Å². The second-order valence-corrected chi connectivity index (χ2v) is 16.9. The molecule has 1 aromatic heterocycles. The SMILES string of the molecule is CC(C)[C@H](NC(=O)CCOCCOCCOCCC(=O)Oc1c(F)c(F)c(F)c(F)c1F)C(=O)C[C@@H](CCCNC(N)=O)C(=O)Nc1ccc(COC(=O)n2nc3c4c(cccc42)C(=O)c2ccccc2-3)cc1. The number of carbonyl (C=O) groups is 7. The van der Waals surface area contributed by atoms with E-state index in [2.05, 4.69) is 25.8 Å². The van der Waals surface area contributed by atoms with Gasteiger partial charge in [-0.05, 0) is 42.5 Å². The lowest BCUT2D eigenvalue weighted by atomic mass is 9.87. The van der Waals surface area contributed by atoms with Crippen molar-refractivity contribution in [1.82, 2.24) is 20.4 Å². The molecule has 73 heavy (non-hydrogen) atoms. The largest absolute Gasteiger partial charge is 0.443 e. The quantitative estimate of drug-likeness (QED) is 0.0111. The van der Waals surface area contributed by atoms with Crippen molar-refractivity contribution in [2.24, 2.45) is 17.6 Å². The summed E-state index contributed by atoms with van der Waals surface area (Å²) in [4.78, 5) is 89.9. The fraction of sp³-hybridized carbons (Fsp3) is 0.360. The van der Waals surface area contributed by atoms with Crippen molar-refractivity contribution in [3.8, 4) is 17.0 Å². The lowest BCUT2D eigenvalue weighted by Gasteiger charge is -2.24. The van der Waals surface area contributed by atoms with Crippen molar-refractivity contribution < 1.29 is 79.2 Å². The number of amides is 4. The predicted octanol–water partition coefficient (Wildman–Crippen LogP) is 6.67. The van der Waals surface area contributed by atoms with Gasteiger partial charge < -0.3 is 45.4 Å². The van der Waals surface area contributed by atoms with Crippen LogP contribution < -0.4 is 26.4 Å². The molecule has 1 heterocycles. The summed E-state index contributed by atoms with van der Waals surface area (Å²) in [6, 6.07) is 16.9. The van der Waals surface area contributed by atoms with Gasteiger partial charge >= 0.3 is 18.1 Å². The molecule has 0 spiro atoms. The van der Waals surface area contributed by atoms with E-state index in [4.69, 9.17) is 24.7 Å². The monoisotopic (exact) mass is 1020 g/mol. The molecule has 0 unspecified atom stereocenters. The number of nitrogens with one attached hydrogen (secondary N) is 3. The second-order valence-electron chi connectivity index (χ2n) is 16.9. The number of nitrogens with two attached hydrogens (primary N) is 1. The summed E-state index contributed by atoms with van der Waals surface area (Å²) in [7, 11) is 0. The van der Waals surface area contributed by atoms with Gasteiger partial charge in [0.15, 0.2) is 11.6 Å². The van der Waals surface area contributed by atoms with Gasteiger partial charge in [0.25, 0.3) is 0 Å². The smallest absolute Gasteiger partial charge is 0.435 e. The van der Waals surface area contributed by atoms with Crippen LogP contribution >= 0.6 is 0 Å². The number of ether oxygens (including phenoxy) is 5. The first kappa shape index (κ1) is 54.7. The van der Waals surface area contributed by atoms with Crippen molar-refractivity contribution in [3.63, 3.8) is 0 Å². The maximum Gasteiger partial charge on any atom is 0.435 e. The molecule has 0 radical (unpaired) electrons. The van der Waals surface area contributed by atoms with Crippen LogP contribution in [0.2, 0.25) is 0 Å². The summed E-state index contributed by atoms with van der Waals surface area (Å²) in [5, 5.41) is 13.1. The summed E-state index contributed by atoms with van der Waals surface area (Å²) in [5.41, 5.74) is 8.64. The topological polar surface area (TPSA) is 246 Å². The zero-order valence-corrected chi connectivity index (χ0v) is 39.5. The van der Waals surface area contributed by atoms with E-state index in [9.17, 15) is 55.5 Å². The van der Waals surface area contributed by atoms with Crippen LogP contribution in [-0.4, -0.2) is 103 Å². The molecule has 0 aliphatic heterocycles. The highest BCUT2D eigenvalue weighted by atomic mass is 19.2. The Morgan fingerprint density at radius 1 is 0.726 bits per heavy atom. The molecule has 0 bridgehead atoms. The van der Waals surface area contributed by atoms with E-state index in [1.54, 1.807) is 80.6 Å². The third-order valence-corrected chi connectivity index (χ3v) is 11.4. The molecule has 0 saturated heterocycles. The molecule has 0 fully saturated rings. The van der Waals surface area contributed by atoms with Crippen LogP contribution in [-0.2, 0) is 44.7 Å². The molecule has 6 rings (SSSR count). The fourth-order valence-corrected chi connectivity index (χ4v) is 7.68. The van der Waals surface area contributed by atoms with Crippen molar-refractivity contribution in [2.75, 3.05) is 51.5 Å². The number of anilines is 1. The molecular formula is C50H51F5N6O12. The molecule has 2 atom stereocenters. The summed E-state index contributed by atoms with van der Waals surface area (Å²) in [6.45, 7) is 3.26. The molecule has 4 aromatic carbocycles. The first-order valence-corrected chi connectivity index (χ1v) is 23.0. The maximum atomic E-state index is 13.7. The first-order chi connectivity index (χ1) is 35.0. The van der Waals surface area contributed by atoms with E-state index >= 15 is 0 Å². The van der Waals surface area contributed by atoms with E-state index < -0.39 is 88.9 Å². The third-order valence-electron chi connectivity index (χ3n) is 11.4. The molecule has 5 aromatic rings. The number of primary amides is 1. The average molecular weight is 1020 g/mol. The van der Waals surface area contributed by atoms with E-state index in [0.717, 1.165) is 4.68 Å². The Kier molecular flexibility index (Phi) is 19.2. The Bertz CT molecular complexity index is 2830. The summed E-state index contributed by atoms with van der Waals surface area (Å²) >= 11 is 0. The molecule has 1 aliphatic rings. The van der Waals surface area contributed by atoms with Gasteiger partial charge in [0, 0.05) is 53.1 Å². The number of fused-ring (bicyclic) bond motifs is 2. The number of aromatic nitrogens is 2. The molecule has 4 amide bonds. The highest BCUT2D eigenvalue weighted by Crippen LogP contribution is 2.39. The molecule has 1 aliphatic carbocycles. The van der Waals surface area contributed by atoms with E-state index in [1.165, 1.54) is 0 Å². The highest BCUT2D eigenvalue weighted by molar-refractivity contribution is 6.25. The number of halogens is 5. The fourth-order valence-electron chi connectivity index (χ4n) is 7.68. The Balaban J connectivity index is 0.913. The van der Waals surface area contributed by atoms with Crippen molar-refractivity contribution >= 4 is 58.1 Å². The highest BCUT2D eigenvalue weighted by Gasteiger charge is 2.32. The number of esters is 1. The second kappa shape index (κ2) is 25.7. The molecule has 0 saturated carbocycles. The minimum absolute atomic E-state index is 0.0248. The number of urea groups is 1. The Morgan fingerprint density at radius 3 is 1.97 bits per heavy atom. The van der Waals surface area contributed by atoms with Crippen LogP contribution in [0.15, 0.2) is 66.7 Å². The van der Waals surface area contributed by atoms with Crippen LogP contribution in [0.1, 0.15) is 67.4 Å². The van der Waals surface area contributed by atoms with Gasteiger partial charge in [0.2, 0.25) is 46.6 Å². The van der Waals surface area contributed by atoms with Crippen LogP contribution in [0.25, 0.3) is 22.2 Å². The van der Waals surface area contributed by atoms with E-state index in [-0.39, 0.29) is 83.8 Å². The summed E-state index contributed by atoms with van der Waals surface area (Å²) < 4.78 is 94.2. The average Bonchev–Trinajstić information content (AvgIpc) is 3.77. The number of hydrogen-bond donors (Lipinski definition) is 4. The van der Waals surface area contributed by atoms with Gasteiger partial charge in [-0.25, -0.2) is 22.8 Å². The van der Waals surface area contributed by atoms with E-state index in [1.807, 2.05) is 0 Å². The molecule has 5 N–H and O–H groups in total. The molecule has 18 nitrogen and oxygen atoms in total. The number of rotatable bonds is 26. The Morgan fingerprint density at radius 2 is 1.33 bits per heavy atom. The zero-order chi connectivity index (χ0) is 52.8. The number of Topliss-reactive ketones (excluding diaryl/α,β-unsaturated/α-hetero) is 1. The van der Waals surface area contributed by atoms with Gasteiger partial charge in [-0.3, -0.25) is 24.0 Å². The van der Waals surface area contributed by atoms with Crippen LogP contribution in [0.3, 0.4) is 0 Å². The van der Waals surface area contributed by atoms with E-state index in [0.29, 0.717) is 51.0 Å². The number of benzene rings is 4. The third kappa shape index (κ3) is 14.1. The lowest BCUT2D eigenvalue weighted by Crippen LogP contribution is -2.45. The first-order valence-electron chi connectivity index (χ1n) is 23.0. The number of carbonyl (C=O) groups excluding carboxylic acids is 7. The minimum atomic E-state index is -2.39. The van der Waals surface area contributed by atoms with Crippen molar-refractivity contribution in [3.05, 3.63) is 113 Å². The summed E-state index contributed by atoms with van der Waals surface area (Å²) in [6.07, 6.45) is -1.20. The Hall–Kier alpha value is -7.63. The van der Waals surface area contributed by atoms with Gasteiger partial charge in [0.1, 0.15) is 12.3 Å². The number of nitrogens with zero attached hydrogens (tertiary/aromatic N) is 2. The molecular weight excluding hydrogens is 972 g/mol. The molecule has 388 valence electrons. The predicted molar refractivity (Wildman–Crippen MR) is 250 cm³/mol. The van der Waals surface area contributed by atoms with Gasteiger partial charge in [0.05, 0.1) is 57.6 Å². The Labute approximate surface area is 414 Å². The zero-order valence-electron chi connectivity index (χ0n) is 39.5.